The second kappa shape index (κ2) is 2.48. The number of hydrogen-bond donors (Lipinski definition) is 2. The zero-order chi connectivity index (χ0) is 6.85. The molecule has 1 saturated carbocycles. The predicted molar refractivity (Wildman–Crippen MR) is 38.7 cm³/mol. The molecule has 1 aliphatic carbocycles. The van der Waals surface area contributed by atoms with Crippen LogP contribution in [0.2, 0.25) is 0 Å². The standard InChI is InChI=1S/C7H14N2/c1-5(8)4-7(9)6-2-3-6/h5-6,9H,2-4,8H2,1H3. The van der Waals surface area contributed by atoms with Gasteiger partial charge in [-0.25, -0.2) is 0 Å². The zero-order valence-corrected chi connectivity index (χ0v) is 5.85. The maximum atomic E-state index is 7.46. The quantitative estimate of drug-likeness (QED) is 0.547. The van der Waals surface area contributed by atoms with Crippen LogP contribution in [0.25, 0.3) is 0 Å². The minimum atomic E-state index is 0.179. The molecule has 2 heteroatoms. The fraction of sp³-hybridized carbons (Fsp3) is 0.857. The lowest BCUT2D eigenvalue weighted by molar-refractivity contribution is 0.762. The van der Waals surface area contributed by atoms with Crippen molar-refractivity contribution in [2.75, 3.05) is 0 Å². The molecule has 2 nitrogen and oxygen atoms in total. The molecule has 0 amide bonds. The van der Waals surface area contributed by atoms with Crippen LogP contribution in [0.15, 0.2) is 0 Å². The van der Waals surface area contributed by atoms with Crippen LogP contribution in [0.5, 0.6) is 0 Å². The molecule has 1 atom stereocenters. The van der Waals surface area contributed by atoms with E-state index in [-0.39, 0.29) is 6.04 Å². The smallest absolute Gasteiger partial charge is 0.0135 e. The van der Waals surface area contributed by atoms with Crippen LogP contribution in [0.1, 0.15) is 26.2 Å². The van der Waals surface area contributed by atoms with Gasteiger partial charge in [0.2, 0.25) is 0 Å². The molecule has 1 fully saturated rings. The maximum Gasteiger partial charge on any atom is 0.0135 e. The van der Waals surface area contributed by atoms with Crippen LogP contribution >= 0.6 is 0 Å². The molecular weight excluding hydrogens is 112 g/mol. The van der Waals surface area contributed by atoms with E-state index >= 15 is 0 Å². The van der Waals surface area contributed by atoms with Gasteiger partial charge in [0, 0.05) is 18.2 Å². The molecule has 1 rings (SSSR count). The number of nitrogens with two attached hydrogens (primary N) is 1. The highest BCUT2D eigenvalue weighted by atomic mass is 14.6. The Labute approximate surface area is 55.9 Å². The van der Waals surface area contributed by atoms with E-state index in [0.717, 1.165) is 12.1 Å². The molecule has 1 aliphatic rings. The molecule has 0 bridgehead atoms. The highest BCUT2D eigenvalue weighted by Gasteiger charge is 2.26. The van der Waals surface area contributed by atoms with Gasteiger partial charge in [-0.1, -0.05) is 0 Å². The average molecular weight is 126 g/mol. The van der Waals surface area contributed by atoms with Crippen molar-refractivity contribution >= 4 is 5.71 Å². The normalized spacial score (nSPS) is 21.6. The van der Waals surface area contributed by atoms with Gasteiger partial charge >= 0.3 is 0 Å². The average Bonchev–Trinajstić information content (AvgIpc) is 2.40. The first-order chi connectivity index (χ1) is 4.20. The van der Waals surface area contributed by atoms with Gasteiger partial charge in [0.15, 0.2) is 0 Å². The van der Waals surface area contributed by atoms with E-state index in [0.29, 0.717) is 5.92 Å². The second-order valence-electron chi connectivity index (χ2n) is 2.98. The molecule has 0 heterocycles. The van der Waals surface area contributed by atoms with Crippen molar-refractivity contribution in [3.05, 3.63) is 0 Å². The van der Waals surface area contributed by atoms with Gasteiger partial charge in [-0.05, 0) is 25.7 Å². The fourth-order valence-electron chi connectivity index (χ4n) is 0.945. The van der Waals surface area contributed by atoms with Crippen molar-refractivity contribution in [3.63, 3.8) is 0 Å². The summed E-state index contributed by atoms with van der Waals surface area (Å²) in [6.07, 6.45) is 3.25. The first kappa shape index (κ1) is 6.75. The number of rotatable bonds is 3. The van der Waals surface area contributed by atoms with Gasteiger partial charge in [0.1, 0.15) is 0 Å². The van der Waals surface area contributed by atoms with Gasteiger partial charge in [-0.3, -0.25) is 0 Å². The third-order valence-corrected chi connectivity index (χ3v) is 1.61. The highest BCUT2D eigenvalue weighted by molar-refractivity contribution is 5.86. The summed E-state index contributed by atoms with van der Waals surface area (Å²) in [7, 11) is 0. The number of nitrogens with one attached hydrogen (secondary N) is 1. The van der Waals surface area contributed by atoms with Crippen molar-refractivity contribution in [2.45, 2.75) is 32.2 Å². The third-order valence-electron chi connectivity index (χ3n) is 1.61. The minimum absolute atomic E-state index is 0.179. The maximum absolute atomic E-state index is 7.46. The van der Waals surface area contributed by atoms with Crippen LogP contribution in [-0.2, 0) is 0 Å². The monoisotopic (exact) mass is 126 g/mol. The first-order valence-electron chi connectivity index (χ1n) is 3.53. The molecule has 52 valence electrons. The predicted octanol–water partition coefficient (Wildman–Crippen LogP) is 1.15. The van der Waals surface area contributed by atoms with Crippen LogP contribution < -0.4 is 5.73 Å². The second-order valence-corrected chi connectivity index (χ2v) is 2.98. The van der Waals surface area contributed by atoms with E-state index in [1.54, 1.807) is 0 Å². The van der Waals surface area contributed by atoms with Crippen molar-refractivity contribution in [1.29, 1.82) is 5.41 Å². The van der Waals surface area contributed by atoms with Crippen LogP contribution in [0.3, 0.4) is 0 Å². The van der Waals surface area contributed by atoms with Gasteiger partial charge < -0.3 is 11.1 Å². The van der Waals surface area contributed by atoms with Crippen LogP contribution in [0.4, 0.5) is 0 Å². The molecule has 0 aromatic heterocycles. The molecule has 0 aromatic rings. The Hall–Kier alpha value is -0.370. The summed E-state index contributed by atoms with van der Waals surface area (Å²) in [6.45, 7) is 1.96. The Bertz CT molecular complexity index is 114. The molecule has 9 heavy (non-hydrogen) atoms. The van der Waals surface area contributed by atoms with E-state index in [1.165, 1.54) is 12.8 Å². The zero-order valence-electron chi connectivity index (χ0n) is 5.85. The van der Waals surface area contributed by atoms with E-state index < -0.39 is 0 Å². The summed E-state index contributed by atoms with van der Waals surface area (Å²) in [5.41, 5.74) is 6.38. The van der Waals surface area contributed by atoms with Crippen molar-refractivity contribution in [2.24, 2.45) is 11.7 Å². The Balaban J connectivity index is 2.18. The van der Waals surface area contributed by atoms with Crippen molar-refractivity contribution in [1.82, 2.24) is 0 Å². The molecule has 0 spiro atoms. The van der Waals surface area contributed by atoms with Gasteiger partial charge in [0.05, 0.1) is 0 Å². The fourth-order valence-corrected chi connectivity index (χ4v) is 0.945. The molecule has 3 N–H and O–H groups in total. The van der Waals surface area contributed by atoms with Crippen LogP contribution in [-0.4, -0.2) is 11.8 Å². The Morgan fingerprint density at radius 1 is 1.78 bits per heavy atom. The van der Waals surface area contributed by atoms with E-state index in [1.807, 2.05) is 6.92 Å². The lowest BCUT2D eigenvalue weighted by Crippen LogP contribution is -2.19. The lowest BCUT2D eigenvalue weighted by Gasteiger charge is -2.03. The summed E-state index contributed by atoms with van der Waals surface area (Å²) in [5, 5.41) is 7.46. The Kier molecular flexibility index (Phi) is 1.86. The summed E-state index contributed by atoms with van der Waals surface area (Å²) < 4.78 is 0. The molecular formula is C7H14N2. The summed E-state index contributed by atoms with van der Waals surface area (Å²) in [6, 6.07) is 0.179. The summed E-state index contributed by atoms with van der Waals surface area (Å²) in [4.78, 5) is 0. The molecule has 0 radical (unpaired) electrons. The summed E-state index contributed by atoms with van der Waals surface area (Å²) >= 11 is 0. The third kappa shape index (κ3) is 2.14. The summed E-state index contributed by atoms with van der Waals surface area (Å²) in [5.74, 6) is 0.607. The van der Waals surface area contributed by atoms with Crippen molar-refractivity contribution < 1.29 is 0 Å². The topological polar surface area (TPSA) is 49.9 Å². The molecule has 0 saturated heterocycles. The van der Waals surface area contributed by atoms with Gasteiger partial charge in [-0.15, -0.1) is 0 Å². The molecule has 0 aliphatic heterocycles. The Morgan fingerprint density at radius 3 is 2.67 bits per heavy atom. The highest BCUT2D eigenvalue weighted by Crippen LogP contribution is 2.31. The SMILES string of the molecule is CC(N)CC(=N)C1CC1. The minimum Gasteiger partial charge on any atom is -0.328 e. The first-order valence-corrected chi connectivity index (χ1v) is 3.53. The molecule has 1 unspecified atom stereocenters. The van der Waals surface area contributed by atoms with E-state index in [9.17, 15) is 0 Å². The lowest BCUT2D eigenvalue weighted by atomic mass is 10.1. The molecule has 0 aromatic carbocycles. The number of hydrogen-bond acceptors (Lipinski definition) is 2. The van der Waals surface area contributed by atoms with Crippen molar-refractivity contribution in [3.8, 4) is 0 Å². The van der Waals surface area contributed by atoms with Crippen LogP contribution in [0, 0.1) is 11.3 Å². The largest absolute Gasteiger partial charge is 0.328 e. The Morgan fingerprint density at radius 2 is 2.33 bits per heavy atom. The van der Waals surface area contributed by atoms with Gasteiger partial charge in [-0.2, -0.15) is 0 Å². The van der Waals surface area contributed by atoms with E-state index in [4.69, 9.17) is 11.1 Å². The van der Waals surface area contributed by atoms with Gasteiger partial charge in [0.25, 0.3) is 0 Å². The van der Waals surface area contributed by atoms with E-state index in [2.05, 4.69) is 0 Å².